The monoisotopic (exact) mass is 261 g/mol. The highest BCUT2D eigenvalue weighted by atomic mass is 16.4. The van der Waals surface area contributed by atoms with Crippen LogP contribution in [0.2, 0.25) is 0 Å². The van der Waals surface area contributed by atoms with E-state index in [1.54, 1.807) is 0 Å². The van der Waals surface area contributed by atoms with Crippen LogP contribution < -0.4 is 11.1 Å². The number of hydrogen-bond donors (Lipinski definition) is 2. The lowest BCUT2D eigenvalue weighted by Gasteiger charge is -2.34. The summed E-state index contributed by atoms with van der Waals surface area (Å²) in [5, 5.41) is 3.37. The van der Waals surface area contributed by atoms with E-state index in [0.29, 0.717) is 11.6 Å². The van der Waals surface area contributed by atoms with Gasteiger partial charge in [0.05, 0.1) is 5.52 Å². The van der Waals surface area contributed by atoms with Crippen LogP contribution in [0.1, 0.15) is 24.9 Å². The van der Waals surface area contributed by atoms with Crippen LogP contribution in [0.25, 0.3) is 11.1 Å². The SMILES string of the molecule is CCC(c1ccc2[nH]c(=O)oc2c1)N1CCNCC1. The predicted molar refractivity (Wildman–Crippen MR) is 74.3 cm³/mol. The third-order valence-electron chi connectivity index (χ3n) is 3.81. The molecular formula is C14H19N3O2. The van der Waals surface area contributed by atoms with Crippen molar-refractivity contribution in [2.45, 2.75) is 19.4 Å². The minimum Gasteiger partial charge on any atom is -0.408 e. The molecule has 1 aromatic heterocycles. The number of oxazole rings is 1. The normalized spacial score (nSPS) is 18.8. The number of H-pyrrole nitrogens is 1. The average molecular weight is 261 g/mol. The van der Waals surface area contributed by atoms with E-state index in [9.17, 15) is 4.79 Å². The Bertz CT molecular complexity index is 610. The van der Waals surface area contributed by atoms with E-state index in [4.69, 9.17) is 4.42 Å². The van der Waals surface area contributed by atoms with Gasteiger partial charge in [0.2, 0.25) is 0 Å². The summed E-state index contributed by atoms with van der Waals surface area (Å²) < 4.78 is 5.15. The molecule has 0 bridgehead atoms. The summed E-state index contributed by atoms with van der Waals surface area (Å²) in [6.07, 6.45) is 1.06. The van der Waals surface area contributed by atoms with Crippen LogP contribution in [0.3, 0.4) is 0 Å². The summed E-state index contributed by atoms with van der Waals surface area (Å²) in [6.45, 7) is 6.40. The Morgan fingerprint density at radius 1 is 1.37 bits per heavy atom. The van der Waals surface area contributed by atoms with Crippen LogP contribution in [0.4, 0.5) is 0 Å². The van der Waals surface area contributed by atoms with Gasteiger partial charge in [-0.15, -0.1) is 0 Å². The van der Waals surface area contributed by atoms with Gasteiger partial charge >= 0.3 is 5.76 Å². The number of aromatic amines is 1. The number of nitrogens with one attached hydrogen (secondary N) is 2. The van der Waals surface area contributed by atoms with E-state index in [2.05, 4.69) is 28.2 Å². The fraction of sp³-hybridized carbons (Fsp3) is 0.500. The van der Waals surface area contributed by atoms with E-state index >= 15 is 0 Å². The Labute approximate surface area is 111 Å². The summed E-state index contributed by atoms with van der Waals surface area (Å²) in [5.41, 5.74) is 2.64. The molecule has 0 aliphatic carbocycles. The number of benzene rings is 1. The lowest BCUT2D eigenvalue weighted by Crippen LogP contribution is -2.45. The van der Waals surface area contributed by atoms with Crippen LogP contribution in [-0.4, -0.2) is 36.1 Å². The van der Waals surface area contributed by atoms with Crippen molar-refractivity contribution in [2.24, 2.45) is 0 Å². The van der Waals surface area contributed by atoms with E-state index in [1.165, 1.54) is 5.56 Å². The predicted octanol–water partition coefficient (Wildman–Crippen LogP) is 1.48. The lowest BCUT2D eigenvalue weighted by atomic mass is 10.0. The van der Waals surface area contributed by atoms with Gasteiger partial charge < -0.3 is 9.73 Å². The van der Waals surface area contributed by atoms with Crippen molar-refractivity contribution in [3.8, 4) is 0 Å². The van der Waals surface area contributed by atoms with E-state index in [1.807, 2.05) is 12.1 Å². The highest BCUT2D eigenvalue weighted by Crippen LogP contribution is 2.26. The zero-order valence-electron chi connectivity index (χ0n) is 11.1. The Kier molecular flexibility index (Phi) is 3.40. The first-order valence-corrected chi connectivity index (χ1v) is 6.85. The van der Waals surface area contributed by atoms with Crippen molar-refractivity contribution in [1.82, 2.24) is 15.2 Å². The first-order chi connectivity index (χ1) is 9.28. The van der Waals surface area contributed by atoms with Crippen LogP contribution in [-0.2, 0) is 0 Å². The second-order valence-electron chi connectivity index (χ2n) is 4.98. The highest BCUT2D eigenvalue weighted by molar-refractivity contribution is 5.72. The number of nitrogens with zero attached hydrogens (tertiary/aromatic N) is 1. The minimum absolute atomic E-state index is 0.387. The fourth-order valence-corrected chi connectivity index (χ4v) is 2.87. The summed E-state index contributed by atoms with van der Waals surface area (Å²) in [5.74, 6) is -0.387. The van der Waals surface area contributed by atoms with Gasteiger partial charge in [-0.25, -0.2) is 4.79 Å². The molecule has 0 amide bonds. The number of hydrogen-bond acceptors (Lipinski definition) is 4. The zero-order chi connectivity index (χ0) is 13.2. The van der Waals surface area contributed by atoms with Crippen LogP contribution in [0.5, 0.6) is 0 Å². The maximum atomic E-state index is 11.2. The maximum Gasteiger partial charge on any atom is 0.417 e. The zero-order valence-corrected chi connectivity index (χ0v) is 11.1. The van der Waals surface area contributed by atoms with Crippen molar-refractivity contribution < 1.29 is 4.42 Å². The van der Waals surface area contributed by atoms with Gasteiger partial charge in [-0.2, -0.15) is 0 Å². The number of aromatic nitrogens is 1. The smallest absolute Gasteiger partial charge is 0.408 e. The van der Waals surface area contributed by atoms with Crippen molar-refractivity contribution in [3.05, 3.63) is 34.3 Å². The Morgan fingerprint density at radius 3 is 2.89 bits per heavy atom. The maximum absolute atomic E-state index is 11.2. The van der Waals surface area contributed by atoms with Crippen molar-refractivity contribution >= 4 is 11.1 Å². The molecule has 19 heavy (non-hydrogen) atoms. The molecule has 2 aromatic rings. The van der Waals surface area contributed by atoms with E-state index in [-0.39, 0.29) is 5.76 Å². The summed E-state index contributed by atoms with van der Waals surface area (Å²) >= 11 is 0. The molecule has 1 unspecified atom stereocenters. The first kappa shape index (κ1) is 12.4. The molecule has 1 aromatic carbocycles. The molecule has 1 atom stereocenters. The molecule has 0 saturated carbocycles. The quantitative estimate of drug-likeness (QED) is 0.878. The molecule has 1 fully saturated rings. The van der Waals surface area contributed by atoms with Gasteiger partial charge in [0.1, 0.15) is 0 Å². The third kappa shape index (κ3) is 2.43. The van der Waals surface area contributed by atoms with E-state index in [0.717, 1.165) is 38.1 Å². The Balaban J connectivity index is 1.93. The molecule has 0 radical (unpaired) electrons. The molecular weight excluding hydrogens is 242 g/mol. The van der Waals surface area contributed by atoms with Crippen LogP contribution in [0.15, 0.2) is 27.4 Å². The lowest BCUT2D eigenvalue weighted by molar-refractivity contribution is 0.169. The second kappa shape index (κ2) is 5.19. The second-order valence-corrected chi connectivity index (χ2v) is 4.98. The molecule has 0 spiro atoms. The average Bonchev–Trinajstić information content (AvgIpc) is 2.80. The molecule has 1 aliphatic heterocycles. The molecule has 1 saturated heterocycles. The molecule has 1 aliphatic rings. The van der Waals surface area contributed by atoms with Gasteiger partial charge in [-0.1, -0.05) is 13.0 Å². The van der Waals surface area contributed by atoms with Crippen molar-refractivity contribution in [2.75, 3.05) is 26.2 Å². The van der Waals surface area contributed by atoms with Gasteiger partial charge in [0.15, 0.2) is 5.58 Å². The van der Waals surface area contributed by atoms with E-state index < -0.39 is 0 Å². The molecule has 5 heteroatoms. The van der Waals surface area contributed by atoms with Gasteiger partial charge in [-0.3, -0.25) is 9.88 Å². The van der Waals surface area contributed by atoms with Gasteiger partial charge in [0.25, 0.3) is 0 Å². The topological polar surface area (TPSA) is 61.3 Å². The van der Waals surface area contributed by atoms with Crippen molar-refractivity contribution in [3.63, 3.8) is 0 Å². The largest absolute Gasteiger partial charge is 0.417 e. The minimum atomic E-state index is -0.387. The van der Waals surface area contributed by atoms with Crippen LogP contribution in [0, 0.1) is 0 Å². The standard InChI is InChI=1S/C14H19N3O2/c1-2-12(17-7-5-15-6-8-17)10-3-4-11-13(9-10)19-14(18)16-11/h3-4,9,12,15H,2,5-8H2,1H3,(H,16,18). The molecule has 2 heterocycles. The number of fused-ring (bicyclic) bond motifs is 1. The Morgan fingerprint density at radius 2 is 2.16 bits per heavy atom. The fourth-order valence-electron chi connectivity index (χ4n) is 2.87. The molecule has 5 nitrogen and oxygen atoms in total. The van der Waals surface area contributed by atoms with Gasteiger partial charge in [-0.05, 0) is 24.1 Å². The number of rotatable bonds is 3. The highest BCUT2D eigenvalue weighted by Gasteiger charge is 2.21. The summed E-state index contributed by atoms with van der Waals surface area (Å²) in [7, 11) is 0. The summed E-state index contributed by atoms with van der Waals surface area (Å²) in [4.78, 5) is 16.4. The van der Waals surface area contributed by atoms with Gasteiger partial charge in [0, 0.05) is 32.2 Å². The Hall–Kier alpha value is -1.59. The number of piperazine rings is 1. The summed E-state index contributed by atoms with van der Waals surface area (Å²) in [6, 6.07) is 6.40. The molecule has 2 N–H and O–H groups in total. The van der Waals surface area contributed by atoms with Crippen molar-refractivity contribution in [1.29, 1.82) is 0 Å². The van der Waals surface area contributed by atoms with Crippen LogP contribution >= 0.6 is 0 Å². The third-order valence-corrected chi connectivity index (χ3v) is 3.81. The molecule has 102 valence electrons. The first-order valence-electron chi connectivity index (χ1n) is 6.85. The molecule has 3 rings (SSSR count).